The minimum Gasteiger partial charge on any atom is -0.462 e. The van der Waals surface area contributed by atoms with Gasteiger partial charge in [-0.05, 0) is 44.9 Å². The molecule has 0 spiro atoms. The van der Waals surface area contributed by atoms with Gasteiger partial charge in [-0.3, -0.25) is 9.59 Å². The first-order chi connectivity index (χ1) is 25.6. The lowest BCUT2D eigenvalue weighted by Gasteiger charge is -2.18. The highest BCUT2D eigenvalue weighted by Gasteiger charge is 2.17. The highest BCUT2D eigenvalue weighted by atomic mass is 16.6. The van der Waals surface area contributed by atoms with Crippen LogP contribution >= 0.6 is 0 Å². The molecule has 0 aromatic rings. The third-order valence-corrected chi connectivity index (χ3v) is 10.3. The number of esters is 2. The molecule has 52 heavy (non-hydrogen) atoms. The van der Waals surface area contributed by atoms with Gasteiger partial charge in [-0.1, -0.05) is 206 Å². The van der Waals surface area contributed by atoms with Crippen LogP contribution in [0.2, 0.25) is 0 Å². The summed E-state index contributed by atoms with van der Waals surface area (Å²) in [6, 6.07) is 0. The Labute approximate surface area is 325 Å². The number of rotatable bonds is 43. The molecule has 0 heterocycles. The molecule has 0 aliphatic rings. The fraction of sp³-hybridized carbons (Fsp3) is 0.915. The molecule has 0 saturated heterocycles. The van der Waals surface area contributed by atoms with E-state index >= 15 is 0 Å². The molecule has 0 aliphatic carbocycles. The van der Waals surface area contributed by atoms with E-state index in [1.54, 1.807) is 0 Å². The molecular weight excluding hydrogens is 645 g/mol. The smallest absolute Gasteiger partial charge is 0.306 e. The lowest BCUT2D eigenvalue weighted by atomic mass is 10.0. The SMILES string of the molecule is CCCCCC/C=C\CCCCCCCCOCC(COC(=O)CCCCCCCCCCCCCCCCCCC)OC(=O)CCCCCCC. The molecule has 0 aliphatic heterocycles. The van der Waals surface area contributed by atoms with Crippen LogP contribution in [0.3, 0.4) is 0 Å². The van der Waals surface area contributed by atoms with Crippen molar-refractivity contribution in [2.45, 2.75) is 258 Å². The Morgan fingerprint density at radius 1 is 0.404 bits per heavy atom. The second kappa shape index (κ2) is 44.0. The first-order valence-corrected chi connectivity index (χ1v) is 23.2. The predicted molar refractivity (Wildman–Crippen MR) is 224 cm³/mol. The van der Waals surface area contributed by atoms with Gasteiger partial charge in [-0.25, -0.2) is 0 Å². The van der Waals surface area contributed by atoms with Crippen LogP contribution in [-0.2, 0) is 23.8 Å². The Balaban J connectivity index is 4.00. The minimum atomic E-state index is -0.526. The van der Waals surface area contributed by atoms with Crippen LogP contribution in [0.5, 0.6) is 0 Å². The zero-order valence-corrected chi connectivity index (χ0v) is 35.4. The van der Waals surface area contributed by atoms with Gasteiger partial charge < -0.3 is 14.2 Å². The number of unbranched alkanes of at least 4 members (excludes halogenated alkanes) is 30. The molecule has 0 saturated carbocycles. The van der Waals surface area contributed by atoms with E-state index in [4.69, 9.17) is 14.2 Å². The van der Waals surface area contributed by atoms with Gasteiger partial charge in [0.2, 0.25) is 0 Å². The average Bonchev–Trinajstić information content (AvgIpc) is 3.14. The maximum Gasteiger partial charge on any atom is 0.306 e. The number of hydrogen-bond acceptors (Lipinski definition) is 5. The number of carbonyl (C=O) groups excluding carboxylic acids is 2. The van der Waals surface area contributed by atoms with Crippen molar-refractivity contribution < 1.29 is 23.8 Å². The topological polar surface area (TPSA) is 61.8 Å². The Hall–Kier alpha value is -1.36. The number of ether oxygens (including phenoxy) is 3. The number of carbonyl (C=O) groups is 2. The van der Waals surface area contributed by atoms with E-state index in [-0.39, 0.29) is 18.5 Å². The fourth-order valence-corrected chi connectivity index (χ4v) is 6.80. The standard InChI is InChI=1S/C47H90O5/c1-4-7-10-13-15-17-19-21-23-24-25-26-28-30-32-35-37-40-46(48)51-44-45(52-47(49)41-38-34-12-9-6-3)43-50-42-39-36-33-31-29-27-22-20-18-16-14-11-8-5-2/h18,20,45H,4-17,19,21-44H2,1-3H3/b20-18-. The third-order valence-electron chi connectivity index (χ3n) is 10.3. The summed E-state index contributed by atoms with van der Waals surface area (Å²) in [6.45, 7) is 7.77. The van der Waals surface area contributed by atoms with E-state index in [1.807, 2.05) is 0 Å². The second-order valence-corrected chi connectivity index (χ2v) is 15.7. The van der Waals surface area contributed by atoms with Crippen molar-refractivity contribution in [2.24, 2.45) is 0 Å². The fourth-order valence-electron chi connectivity index (χ4n) is 6.80. The number of hydrogen-bond donors (Lipinski definition) is 0. The molecule has 0 amide bonds. The Kier molecular flexibility index (Phi) is 42.9. The molecular formula is C47H90O5. The molecule has 0 bridgehead atoms. The molecule has 0 N–H and O–H groups in total. The lowest BCUT2D eigenvalue weighted by Crippen LogP contribution is -2.30. The summed E-state index contributed by atoms with van der Waals surface area (Å²) >= 11 is 0. The van der Waals surface area contributed by atoms with Gasteiger partial charge in [0.25, 0.3) is 0 Å². The summed E-state index contributed by atoms with van der Waals surface area (Å²) in [7, 11) is 0. The van der Waals surface area contributed by atoms with E-state index in [2.05, 4.69) is 32.9 Å². The maximum atomic E-state index is 12.5. The van der Waals surface area contributed by atoms with Gasteiger partial charge in [0.15, 0.2) is 6.10 Å². The zero-order valence-electron chi connectivity index (χ0n) is 35.4. The van der Waals surface area contributed by atoms with Crippen molar-refractivity contribution >= 4 is 11.9 Å². The van der Waals surface area contributed by atoms with E-state index < -0.39 is 6.10 Å². The number of allylic oxidation sites excluding steroid dienone is 2. The molecule has 0 aromatic heterocycles. The van der Waals surface area contributed by atoms with E-state index in [0.29, 0.717) is 26.1 Å². The summed E-state index contributed by atoms with van der Waals surface area (Å²) in [5.41, 5.74) is 0. The van der Waals surface area contributed by atoms with Crippen LogP contribution in [0.15, 0.2) is 12.2 Å². The van der Waals surface area contributed by atoms with Crippen LogP contribution in [0.4, 0.5) is 0 Å². The summed E-state index contributed by atoms with van der Waals surface area (Å²) in [4.78, 5) is 25.0. The summed E-state index contributed by atoms with van der Waals surface area (Å²) in [6.07, 6.45) is 48.1. The van der Waals surface area contributed by atoms with Crippen LogP contribution in [-0.4, -0.2) is 37.9 Å². The van der Waals surface area contributed by atoms with E-state index in [9.17, 15) is 9.59 Å². The van der Waals surface area contributed by atoms with Gasteiger partial charge in [-0.2, -0.15) is 0 Å². The molecule has 0 radical (unpaired) electrons. The van der Waals surface area contributed by atoms with Gasteiger partial charge in [0.05, 0.1) is 6.61 Å². The van der Waals surface area contributed by atoms with Crippen molar-refractivity contribution in [3.63, 3.8) is 0 Å². The largest absolute Gasteiger partial charge is 0.462 e. The zero-order chi connectivity index (χ0) is 37.8. The predicted octanol–water partition coefficient (Wildman–Crippen LogP) is 15.1. The van der Waals surface area contributed by atoms with Gasteiger partial charge in [0, 0.05) is 19.4 Å². The van der Waals surface area contributed by atoms with Crippen LogP contribution < -0.4 is 0 Å². The molecule has 5 heteroatoms. The van der Waals surface area contributed by atoms with E-state index in [1.165, 1.54) is 173 Å². The molecule has 0 fully saturated rings. The van der Waals surface area contributed by atoms with Crippen LogP contribution in [0, 0.1) is 0 Å². The normalized spacial score (nSPS) is 12.1. The summed E-state index contributed by atoms with van der Waals surface area (Å²) in [5.74, 6) is -0.398. The van der Waals surface area contributed by atoms with Gasteiger partial charge in [-0.15, -0.1) is 0 Å². The lowest BCUT2D eigenvalue weighted by molar-refractivity contribution is -0.163. The van der Waals surface area contributed by atoms with Crippen LogP contribution in [0.1, 0.15) is 252 Å². The van der Waals surface area contributed by atoms with Crippen molar-refractivity contribution in [2.75, 3.05) is 19.8 Å². The highest BCUT2D eigenvalue weighted by Crippen LogP contribution is 2.15. The first-order valence-electron chi connectivity index (χ1n) is 23.2. The third kappa shape index (κ3) is 41.4. The Morgan fingerprint density at radius 3 is 1.19 bits per heavy atom. The van der Waals surface area contributed by atoms with Crippen molar-refractivity contribution in [3.8, 4) is 0 Å². The Bertz CT molecular complexity index is 750. The van der Waals surface area contributed by atoms with Gasteiger partial charge >= 0.3 is 11.9 Å². The minimum absolute atomic E-state index is 0.0898. The van der Waals surface area contributed by atoms with Crippen LogP contribution in [0.25, 0.3) is 0 Å². The maximum absolute atomic E-state index is 12.5. The molecule has 1 atom stereocenters. The van der Waals surface area contributed by atoms with Crippen molar-refractivity contribution in [3.05, 3.63) is 12.2 Å². The highest BCUT2D eigenvalue weighted by molar-refractivity contribution is 5.70. The van der Waals surface area contributed by atoms with Gasteiger partial charge in [0.1, 0.15) is 6.61 Å². The van der Waals surface area contributed by atoms with Crippen molar-refractivity contribution in [1.29, 1.82) is 0 Å². The average molecular weight is 735 g/mol. The molecule has 1 unspecified atom stereocenters. The quantitative estimate of drug-likeness (QED) is 0.0355. The Morgan fingerprint density at radius 2 is 0.750 bits per heavy atom. The summed E-state index contributed by atoms with van der Waals surface area (Å²) in [5, 5.41) is 0. The first kappa shape index (κ1) is 50.6. The molecule has 308 valence electrons. The summed E-state index contributed by atoms with van der Waals surface area (Å²) < 4.78 is 17.2. The van der Waals surface area contributed by atoms with E-state index in [0.717, 1.165) is 44.9 Å². The molecule has 5 nitrogen and oxygen atoms in total. The second-order valence-electron chi connectivity index (χ2n) is 15.7. The molecule has 0 aromatic carbocycles. The van der Waals surface area contributed by atoms with Crippen molar-refractivity contribution in [1.82, 2.24) is 0 Å². The monoisotopic (exact) mass is 735 g/mol. The molecule has 0 rings (SSSR count).